The molecule has 0 aromatic heterocycles. The predicted molar refractivity (Wildman–Crippen MR) is 77.7 cm³/mol. The maximum atomic E-state index is 11.8. The van der Waals surface area contributed by atoms with Crippen LogP contribution in [0.15, 0.2) is 18.2 Å². The minimum Gasteiger partial charge on any atom is -0.491 e. The van der Waals surface area contributed by atoms with Gasteiger partial charge in [-0.1, -0.05) is 0 Å². The molecule has 0 atom stereocenters. The molecule has 1 aromatic rings. The summed E-state index contributed by atoms with van der Waals surface area (Å²) < 4.78 is 5.63. The number of ether oxygens (including phenoxy) is 1. The number of likely N-dealkylation sites (tertiary alicyclic amines) is 1. The van der Waals surface area contributed by atoms with Crippen molar-refractivity contribution in [2.45, 2.75) is 12.8 Å². The lowest BCUT2D eigenvalue weighted by atomic mass is 10.1. The molecule has 0 spiro atoms. The molecule has 1 N–H and O–H groups in total. The van der Waals surface area contributed by atoms with Crippen LogP contribution in [-0.4, -0.2) is 49.0 Å². The average molecular weight is 293 g/mol. The van der Waals surface area contributed by atoms with Crippen LogP contribution in [0.1, 0.15) is 23.2 Å². The van der Waals surface area contributed by atoms with Crippen LogP contribution < -0.4 is 10.1 Å². The number of rotatable bonds is 6. The Kier molecular flexibility index (Phi) is 5.10. The maximum Gasteiger partial charge on any atom is 0.270 e. The van der Waals surface area contributed by atoms with Gasteiger partial charge in [0.2, 0.25) is 0 Å². The number of hydrogen-bond acceptors (Lipinski definition) is 5. The van der Waals surface area contributed by atoms with Gasteiger partial charge in [0, 0.05) is 25.7 Å². The van der Waals surface area contributed by atoms with Gasteiger partial charge in [0.1, 0.15) is 12.4 Å². The highest BCUT2D eigenvalue weighted by atomic mass is 16.6. The van der Waals surface area contributed by atoms with Crippen LogP contribution in [0.3, 0.4) is 0 Å². The van der Waals surface area contributed by atoms with E-state index >= 15 is 0 Å². The highest BCUT2D eigenvalue weighted by molar-refractivity contribution is 5.97. The molecule has 1 aliphatic rings. The molecule has 1 saturated heterocycles. The Bertz CT molecular complexity index is 527. The van der Waals surface area contributed by atoms with Crippen LogP contribution in [-0.2, 0) is 0 Å². The van der Waals surface area contributed by atoms with Crippen molar-refractivity contribution >= 4 is 11.6 Å². The van der Waals surface area contributed by atoms with E-state index in [0.29, 0.717) is 12.4 Å². The molecule has 1 aromatic carbocycles. The van der Waals surface area contributed by atoms with E-state index in [1.54, 1.807) is 0 Å². The first kappa shape index (κ1) is 15.2. The number of carbonyl (C=O) groups excluding carboxylic acids is 1. The third-order valence-electron chi connectivity index (χ3n) is 3.51. The van der Waals surface area contributed by atoms with Crippen molar-refractivity contribution in [2.75, 3.05) is 33.3 Å². The largest absolute Gasteiger partial charge is 0.491 e. The van der Waals surface area contributed by atoms with Gasteiger partial charge in [-0.2, -0.15) is 0 Å². The van der Waals surface area contributed by atoms with Crippen LogP contribution in [0.4, 0.5) is 5.69 Å². The SMILES string of the molecule is CNC(=O)c1cc([N+](=O)[O-])ccc1OCCN1CCCC1. The first-order chi connectivity index (χ1) is 10.1. The molecular weight excluding hydrogens is 274 g/mol. The molecule has 0 saturated carbocycles. The molecule has 1 fully saturated rings. The van der Waals surface area contributed by atoms with Crippen LogP contribution in [0.2, 0.25) is 0 Å². The maximum absolute atomic E-state index is 11.8. The van der Waals surface area contributed by atoms with Crippen LogP contribution in [0.25, 0.3) is 0 Å². The summed E-state index contributed by atoms with van der Waals surface area (Å²) in [5.41, 5.74) is 0.0635. The fraction of sp³-hybridized carbons (Fsp3) is 0.500. The molecule has 0 unspecified atom stereocenters. The molecule has 0 radical (unpaired) electrons. The van der Waals surface area contributed by atoms with Crippen molar-refractivity contribution in [1.82, 2.24) is 10.2 Å². The molecule has 21 heavy (non-hydrogen) atoms. The van der Waals surface area contributed by atoms with Gasteiger partial charge in [0.15, 0.2) is 0 Å². The van der Waals surface area contributed by atoms with Crippen molar-refractivity contribution in [3.05, 3.63) is 33.9 Å². The highest BCUT2D eigenvalue weighted by Crippen LogP contribution is 2.24. The molecule has 2 rings (SSSR count). The number of nitro groups is 1. The molecule has 1 amide bonds. The highest BCUT2D eigenvalue weighted by Gasteiger charge is 2.17. The topological polar surface area (TPSA) is 84.7 Å². The Hall–Kier alpha value is -2.15. The summed E-state index contributed by atoms with van der Waals surface area (Å²) in [6, 6.07) is 4.06. The smallest absolute Gasteiger partial charge is 0.270 e. The van der Waals surface area contributed by atoms with E-state index in [1.165, 1.54) is 38.1 Å². The number of nitro benzene ring substituents is 1. The van der Waals surface area contributed by atoms with Gasteiger partial charge in [-0.05, 0) is 32.0 Å². The van der Waals surface area contributed by atoms with Gasteiger partial charge in [-0.15, -0.1) is 0 Å². The summed E-state index contributed by atoms with van der Waals surface area (Å²) in [7, 11) is 1.48. The van der Waals surface area contributed by atoms with E-state index in [9.17, 15) is 14.9 Å². The van der Waals surface area contributed by atoms with E-state index < -0.39 is 10.8 Å². The number of nitrogens with zero attached hydrogens (tertiary/aromatic N) is 2. The van der Waals surface area contributed by atoms with Crippen molar-refractivity contribution in [3.63, 3.8) is 0 Å². The first-order valence-electron chi connectivity index (χ1n) is 6.97. The molecule has 1 heterocycles. The molecule has 7 heteroatoms. The van der Waals surface area contributed by atoms with E-state index in [4.69, 9.17) is 4.74 Å². The number of nitrogens with one attached hydrogen (secondary N) is 1. The van der Waals surface area contributed by atoms with Crippen molar-refractivity contribution in [1.29, 1.82) is 0 Å². The molecule has 1 aliphatic heterocycles. The summed E-state index contributed by atoms with van der Waals surface area (Å²) >= 11 is 0. The number of non-ortho nitro benzene ring substituents is 1. The zero-order chi connectivity index (χ0) is 15.2. The summed E-state index contributed by atoms with van der Waals surface area (Å²) in [6.45, 7) is 3.41. The van der Waals surface area contributed by atoms with Crippen LogP contribution >= 0.6 is 0 Å². The second-order valence-electron chi connectivity index (χ2n) is 4.91. The molecule has 0 aliphatic carbocycles. The quantitative estimate of drug-likeness (QED) is 0.633. The van der Waals surface area contributed by atoms with E-state index in [2.05, 4.69) is 10.2 Å². The minimum atomic E-state index is -0.527. The average Bonchev–Trinajstić information content (AvgIpc) is 2.99. The third kappa shape index (κ3) is 3.91. The van der Waals surface area contributed by atoms with Gasteiger partial charge < -0.3 is 10.1 Å². The number of carbonyl (C=O) groups is 1. The fourth-order valence-electron chi connectivity index (χ4n) is 2.36. The summed E-state index contributed by atoms with van der Waals surface area (Å²) in [5, 5.41) is 13.3. The van der Waals surface area contributed by atoms with Gasteiger partial charge in [-0.3, -0.25) is 19.8 Å². The predicted octanol–water partition coefficient (Wildman–Crippen LogP) is 1.43. The number of benzene rings is 1. The molecule has 114 valence electrons. The number of hydrogen-bond donors (Lipinski definition) is 1. The third-order valence-corrected chi connectivity index (χ3v) is 3.51. The fourth-order valence-corrected chi connectivity index (χ4v) is 2.36. The second-order valence-corrected chi connectivity index (χ2v) is 4.91. The van der Waals surface area contributed by atoms with Gasteiger partial charge in [0.25, 0.3) is 11.6 Å². The lowest BCUT2D eigenvalue weighted by Gasteiger charge is -2.16. The van der Waals surface area contributed by atoms with E-state index in [0.717, 1.165) is 19.6 Å². The van der Waals surface area contributed by atoms with Crippen LogP contribution in [0.5, 0.6) is 5.75 Å². The zero-order valence-electron chi connectivity index (χ0n) is 12.0. The summed E-state index contributed by atoms with van der Waals surface area (Å²) in [4.78, 5) is 24.4. The first-order valence-corrected chi connectivity index (χ1v) is 6.97. The van der Waals surface area contributed by atoms with Crippen molar-refractivity contribution < 1.29 is 14.5 Å². The second kappa shape index (κ2) is 7.03. The summed E-state index contributed by atoms with van der Waals surface area (Å²) in [5.74, 6) is -0.0194. The zero-order valence-corrected chi connectivity index (χ0v) is 12.0. The Morgan fingerprint density at radius 3 is 2.76 bits per heavy atom. The number of amides is 1. The molecular formula is C14H19N3O4. The standard InChI is InChI=1S/C14H19N3O4/c1-15-14(18)12-10-11(17(19)20)4-5-13(12)21-9-8-16-6-2-3-7-16/h4-5,10H,2-3,6-9H2,1H3,(H,15,18). The lowest BCUT2D eigenvalue weighted by molar-refractivity contribution is -0.384. The Morgan fingerprint density at radius 2 is 2.14 bits per heavy atom. The Balaban J connectivity index is 2.05. The van der Waals surface area contributed by atoms with E-state index in [1.807, 2.05) is 0 Å². The molecule has 0 bridgehead atoms. The van der Waals surface area contributed by atoms with Gasteiger partial charge in [-0.25, -0.2) is 0 Å². The van der Waals surface area contributed by atoms with Crippen molar-refractivity contribution in [3.8, 4) is 5.75 Å². The van der Waals surface area contributed by atoms with Crippen molar-refractivity contribution in [2.24, 2.45) is 0 Å². The van der Waals surface area contributed by atoms with Gasteiger partial charge in [0.05, 0.1) is 10.5 Å². The monoisotopic (exact) mass is 293 g/mol. The Labute approximate surface area is 123 Å². The normalized spacial score (nSPS) is 14.9. The summed E-state index contributed by atoms with van der Waals surface area (Å²) in [6.07, 6.45) is 2.42. The minimum absolute atomic E-state index is 0.125. The lowest BCUT2D eigenvalue weighted by Crippen LogP contribution is -2.26. The van der Waals surface area contributed by atoms with E-state index in [-0.39, 0.29) is 11.3 Å². The molecule has 7 nitrogen and oxygen atoms in total. The Morgan fingerprint density at radius 1 is 1.43 bits per heavy atom. The van der Waals surface area contributed by atoms with Crippen LogP contribution in [0, 0.1) is 10.1 Å². The van der Waals surface area contributed by atoms with Gasteiger partial charge >= 0.3 is 0 Å².